The van der Waals surface area contributed by atoms with E-state index in [-0.39, 0.29) is 6.15 Å². The highest BCUT2D eigenvalue weighted by Crippen LogP contribution is 1.69. The summed E-state index contributed by atoms with van der Waals surface area (Å²) in [5.74, 6) is -1.44. The number of aliphatic hydroxyl groups excluding tert-OH is 1. The minimum Gasteiger partial charge on any atom is -0.547 e. The van der Waals surface area contributed by atoms with Crippen molar-refractivity contribution in [1.29, 1.82) is 0 Å². The Bertz CT molecular complexity index is 61.2. The second-order valence-electron chi connectivity index (χ2n) is 0.995. The van der Waals surface area contributed by atoms with Gasteiger partial charge in [-0.05, 0) is 6.92 Å². The van der Waals surface area contributed by atoms with E-state index in [0.717, 1.165) is 6.92 Å². The smallest absolute Gasteiger partial charge is 0.0905 e. The maximum absolute atomic E-state index is 9.34. The average molecular weight is 107 g/mol. The van der Waals surface area contributed by atoms with Gasteiger partial charge in [-0.1, -0.05) is 0 Å². The second-order valence-corrected chi connectivity index (χ2v) is 0.995. The number of carbonyl (C=O) groups is 1. The fraction of sp³-hybridized carbons (Fsp3) is 0.667. The van der Waals surface area contributed by atoms with Crippen molar-refractivity contribution >= 4 is 5.97 Å². The predicted octanol–water partition coefficient (Wildman–Crippen LogP) is -1.51. The summed E-state index contributed by atoms with van der Waals surface area (Å²) in [6.07, 6.45) is -1.34. The van der Waals surface area contributed by atoms with Gasteiger partial charge in [-0.3, -0.25) is 0 Å². The monoisotopic (exact) mass is 107 g/mol. The van der Waals surface area contributed by atoms with Crippen LogP contribution in [0.4, 0.5) is 0 Å². The maximum atomic E-state index is 9.34. The normalized spacial score (nSPS) is 11.7. The molecule has 0 spiro atoms. The molecule has 0 saturated carbocycles. The highest BCUT2D eigenvalue weighted by molar-refractivity contribution is 5.68. The van der Waals surface area contributed by atoms with Gasteiger partial charge in [0.05, 0.1) is 12.1 Å². The van der Waals surface area contributed by atoms with Crippen LogP contribution in [0.2, 0.25) is 0 Å². The number of carboxylic acids is 1. The molecule has 4 heteroatoms. The molecule has 0 aliphatic rings. The molecule has 44 valence electrons. The van der Waals surface area contributed by atoms with Gasteiger partial charge in [0.15, 0.2) is 0 Å². The van der Waals surface area contributed by atoms with Crippen molar-refractivity contribution in [1.82, 2.24) is 6.15 Å². The van der Waals surface area contributed by atoms with Crippen molar-refractivity contribution in [2.24, 2.45) is 0 Å². The molecule has 0 bridgehead atoms. The van der Waals surface area contributed by atoms with Crippen LogP contribution in [0.3, 0.4) is 0 Å². The van der Waals surface area contributed by atoms with Gasteiger partial charge < -0.3 is 21.2 Å². The summed E-state index contributed by atoms with van der Waals surface area (Å²) in [5, 5.41) is 17.3. The Morgan fingerprint density at radius 1 is 1.86 bits per heavy atom. The highest BCUT2D eigenvalue weighted by atomic mass is 16.4. The Morgan fingerprint density at radius 3 is 2.00 bits per heavy atom. The van der Waals surface area contributed by atoms with E-state index in [1.807, 2.05) is 0 Å². The van der Waals surface area contributed by atoms with E-state index in [9.17, 15) is 9.90 Å². The van der Waals surface area contributed by atoms with Crippen LogP contribution in [0, 0.1) is 0 Å². The zero-order chi connectivity index (χ0) is 5.15. The SMILES string of the molecule is C[C@@H](O)C(=O)[O-].[NH4+]. The summed E-state index contributed by atoms with van der Waals surface area (Å²) >= 11 is 0. The second kappa shape index (κ2) is 3.58. The Kier molecular flexibility index (Phi) is 4.92. The fourth-order valence-corrected chi connectivity index (χ4v) is 0. The Labute approximate surface area is 41.4 Å². The van der Waals surface area contributed by atoms with E-state index in [4.69, 9.17) is 5.11 Å². The van der Waals surface area contributed by atoms with Crippen LogP contribution in [0.25, 0.3) is 0 Å². The molecule has 0 rings (SSSR count). The lowest BCUT2D eigenvalue weighted by atomic mass is 10.4. The molecule has 0 radical (unpaired) electrons. The van der Waals surface area contributed by atoms with E-state index < -0.39 is 12.1 Å². The number of carbonyl (C=O) groups excluding carboxylic acids is 1. The molecule has 5 N–H and O–H groups in total. The van der Waals surface area contributed by atoms with Gasteiger partial charge in [0.25, 0.3) is 0 Å². The summed E-state index contributed by atoms with van der Waals surface area (Å²) in [6.45, 7) is 1.13. The molecular formula is C3H9NO3. The molecule has 1 atom stereocenters. The lowest BCUT2D eigenvalue weighted by Gasteiger charge is -2.00. The number of aliphatic carboxylic acids is 1. The number of hydrogen-bond donors (Lipinski definition) is 2. The average Bonchev–Trinajstić information content (AvgIpc) is 1.36. The van der Waals surface area contributed by atoms with Crippen molar-refractivity contribution in [3.63, 3.8) is 0 Å². The molecule has 7 heavy (non-hydrogen) atoms. The molecule has 0 heterocycles. The van der Waals surface area contributed by atoms with E-state index in [1.54, 1.807) is 0 Å². The standard InChI is InChI=1S/C3H6O3.H3N/c1-2(4)3(5)6;/h2,4H,1H3,(H,5,6);1H3/t2-;/m1./s1. The molecule has 0 aliphatic carbocycles. The van der Waals surface area contributed by atoms with E-state index in [0.29, 0.717) is 0 Å². The summed E-state index contributed by atoms with van der Waals surface area (Å²) in [7, 11) is 0. The lowest BCUT2D eigenvalue weighted by Crippen LogP contribution is -2.32. The van der Waals surface area contributed by atoms with E-state index in [2.05, 4.69) is 0 Å². The van der Waals surface area contributed by atoms with Gasteiger partial charge in [0.2, 0.25) is 0 Å². The molecule has 0 amide bonds. The van der Waals surface area contributed by atoms with E-state index >= 15 is 0 Å². The summed E-state index contributed by atoms with van der Waals surface area (Å²) in [6, 6.07) is 0. The van der Waals surface area contributed by atoms with Crippen LogP contribution in [0.5, 0.6) is 0 Å². The summed E-state index contributed by atoms with van der Waals surface area (Å²) in [5.41, 5.74) is 0. The van der Waals surface area contributed by atoms with Gasteiger partial charge in [-0.25, -0.2) is 0 Å². The molecular weight excluding hydrogens is 98.0 g/mol. The molecule has 0 fully saturated rings. The van der Waals surface area contributed by atoms with Crippen LogP contribution in [0.15, 0.2) is 0 Å². The third kappa shape index (κ3) is 5.39. The zero-order valence-corrected chi connectivity index (χ0v) is 4.34. The number of quaternary nitrogens is 1. The molecule has 0 aliphatic heterocycles. The minimum absolute atomic E-state index is 0. The predicted molar refractivity (Wildman–Crippen MR) is 22.7 cm³/mol. The van der Waals surface area contributed by atoms with Crippen molar-refractivity contribution in [3.05, 3.63) is 0 Å². The van der Waals surface area contributed by atoms with Gasteiger partial charge in [-0.2, -0.15) is 0 Å². The van der Waals surface area contributed by atoms with Crippen LogP contribution < -0.4 is 11.3 Å². The highest BCUT2D eigenvalue weighted by Gasteiger charge is 1.89. The topological polar surface area (TPSA) is 96.9 Å². The van der Waals surface area contributed by atoms with Crippen LogP contribution in [0.1, 0.15) is 6.92 Å². The first kappa shape index (κ1) is 9.63. The number of carboxylic acid groups (broad SMARTS) is 1. The third-order valence-electron chi connectivity index (χ3n) is 0.341. The van der Waals surface area contributed by atoms with Gasteiger partial charge in [0, 0.05) is 0 Å². The quantitative estimate of drug-likeness (QED) is 0.426. The Hall–Kier alpha value is -0.610. The molecule has 0 saturated heterocycles. The first-order valence-electron chi connectivity index (χ1n) is 1.53. The molecule has 0 aromatic heterocycles. The Morgan fingerprint density at radius 2 is 2.00 bits per heavy atom. The van der Waals surface area contributed by atoms with Gasteiger partial charge in [-0.15, -0.1) is 0 Å². The first-order chi connectivity index (χ1) is 2.64. The van der Waals surface area contributed by atoms with Gasteiger partial charge in [0.1, 0.15) is 0 Å². The minimum atomic E-state index is -1.44. The maximum Gasteiger partial charge on any atom is 0.0905 e. The fourth-order valence-electron chi connectivity index (χ4n) is 0. The van der Waals surface area contributed by atoms with Crippen LogP contribution in [-0.2, 0) is 4.79 Å². The van der Waals surface area contributed by atoms with Crippen molar-refractivity contribution in [2.45, 2.75) is 13.0 Å². The van der Waals surface area contributed by atoms with Crippen molar-refractivity contribution in [2.75, 3.05) is 0 Å². The van der Waals surface area contributed by atoms with Crippen molar-refractivity contribution < 1.29 is 15.0 Å². The van der Waals surface area contributed by atoms with Crippen LogP contribution in [-0.4, -0.2) is 17.2 Å². The van der Waals surface area contributed by atoms with Crippen molar-refractivity contribution in [3.8, 4) is 0 Å². The molecule has 0 aromatic carbocycles. The molecule has 4 nitrogen and oxygen atoms in total. The number of rotatable bonds is 1. The number of hydrogen-bond acceptors (Lipinski definition) is 3. The largest absolute Gasteiger partial charge is 0.547 e. The third-order valence-corrected chi connectivity index (χ3v) is 0.341. The zero-order valence-electron chi connectivity index (χ0n) is 4.34. The summed E-state index contributed by atoms with van der Waals surface area (Å²) < 4.78 is 0. The molecule has 0 aromatic rings. The Balaban J connectivity index is 0. The number of aliphatic hydroxyl groups is 1. The molecule has 0 unspecified atom stereocenters. The first-order valence-corrected chi connectivity index (χ1v) is 1.53. The van der Waals surface area contributed by atoms with Gasteiger partial charge >= 0.3 is 0 Å². The van der Waals surface area contributed by atoms with E-state index in [1.165, 1.54) is 0 Å². The lowest BCUT2D eigenvalue weighted by molar-refractivity contribution is -0.314. The van der Waals surface area contributed by atoms with Crippen LogP contribution >= 0.6 is 0 Å². The summed E-state index contributed by atoms with van der Waals surface area (Å²) in [4.78, 5) is 9.34.